The van der Waals surface area contributed by atoms with Gasteiger partial charge >= 0.3 is 0 Å². The number of carbonyl (C=O) groups excluding carboxylic acids is 1. The first kappa shape index (κ1) is 14.5. The van der Waals surface area contributed by atoms with E-state index in [4.69, 9.17) is 4.74 Å². The lowest BCUT2D eigenvalue weighted by atomic mass is 10.3. The van der Waals surface area contributed by atoms with E-state index in [2.05, 4.69) is 19.2 Å². The molecule has 0 aliphatic carbocycles. The van der Waals surface area contributed by atoms with Crippen LogP contribution in [0.5, 0.6) is 5.75 Å². The summed E-state index contributed by atoms with van der Waals surface area (Å²) < 4.78 is 15.5. The van der Waals surface area contributed by atoms with Gasteiger partial charge in [0.25, 0.3) is 5.91 Å². The number of nitrogens with one attached hydrogen (secondary N) is 1. The van der Waals surface area contributed by atoms with Crippen molar-refractivity contribution < 1.29 is 9.53 Å². The monoisotopic (exact) mass is 317 g/mol. The largest absolute Gasteiger partial charge is 0.484 e. The van der Waals surface area contributed by atoms with Crippen molar-refractivity contribution in [2.24, 2.45) is 0 Å². The van der Waals surface area contributed by atoms with E-state index < -0.39 is 0 Å². The number of amides is 1. The Hall–Kier alpha value is -2.48. The van der Waals surface area contributed by atoms with Crippen LogP contribution in [0.15, 0.2) is 30.5 Å². The highest BCUT2D eigenvalue weighted by atomic mass is 32.1. The third kappa shape index (κ3) is 3.59. The van der Waals surface area contributed by atoms with Crippen LogP contribution in [0.4, 0.5) is 0 Å². The van der Waals surface area contributed by atoms with Crippen molar-refractivity contribution in [3.05, 3.63) is 36.2 Å². The van der Waals surface area contributed by atoms with Crippen molar-refractivity contribution in [3.8, 4) is 5.75 Å². The first-order valence-electron chi connectivity index (χ1n) is 6.82. The second-order valence-electron chi connectivity index (χ2n) is 4.77. The number of rotatable bonds is 6. The molecule has 0 aliphatic rings. The van der Waals surface area contributed by atoms with Gasteiger partial charge in [-0.05, 0) is 25.1 Å². The topological polar surface area (TPSA) is 81.9 Å². The minimum Gasteiger partial charge on any atom is -0.484 e. The second-order valence-corrected chi connectivity index (χ2v) is 5.30. The second kappa shape index (κ2) is 6.52. The summed E-state index contributed by atoms with van der Waals surface area (Å²) in [7, 11) is 0. The van der Waals surface area contributed by atoms with Crippen LogP contribution in [0.2, 0.25) is 0 Å². The summed E-state index contributed by atoms with van der Waals surface area (Å²) in [5.74, 6) is 0.443. The molecule has 1 N–H and O–H groups in total. The number of hydrogen-bond acceptors (Lipinski definition) is 6. The van der Waals surface area contributed by atoms with Crippen molar-refractivity contribution in [1.82, 2.24) is 23.8 Å². The van der Waals surface area contributed by atoms with Gasteiger partial charge in [0.1, 0.15) is 16.8 Å². The molecule has 0 atom stereocenters. The van der Waals surface area contributed by atoms with Crippen LogP contribution in [0, 0.1) is 6.92 Å². The van der Waals surface area contributed by atoms with Crippen molar-refractivity contribution in [2.45, 2.75) is 13.5 Å². The molecular formula is C14H15N5O2S. The van der Waals surface area contributed by atoms with Crippen LogP contribution in [0.1, 0.15) is 5.69 Å². The Morgan fingerprint density at radius 3 is 3.00 bits per heavy atom. The fourth-order valence-electron chi connectivity index (χ4n) is 1.95. The highest BCUT2D eigenvalue weighted by Gasteiger charge is 2.05. The summed E-state index contributed by atoms with van der Waals surface area (Å²) >= 11 is 1.15. The molecule has 22 heavy (non-hydrogen) atoms. The minimum absolute atomic E-state index is 0.0266. The van der Waals surface area contributed by atoms with Gasteiger partial charge < -0.3 is 10.1 Å². The van der Waals surface area contributed by atoms with Gasteiger partial charge in [-0.25, -0.2) is 0 Å². The first-order valence-corrected chi connectivity index (χ1v) is 7.55. The molecule has 1 amide bonds. The highest BCUT2D eigenvalue weighted by molar-refractivity contribution is 7.00. The summed E-state index contributed by atoms with van der Waals surface area (Å²) in [4.78, 5) is 11.7. The molecular weight excluding hydrogens is 302 g/mol. The summed E-state index contributed by atoms with van der Waals surface area (Å²) in [5.41, 5.74) is 2.56. The minimum atomic E-state index is -0.166. The van der Waals surface area contributed by atoms with Gasteiger partial charge in [-0.3, -0.25) is 9.48 Å². The number of benzene rings is 1. The lowest BCUT2D eigenvalue weighted by molar-refractivity contribution is -0.123. The molecule has 0 bridgehead atoms. The smallest absolute Gasteiger partial charge is 0.258 e. The standard InChI is InChI=1S/C14H15N5O2S/c1-10-4-6-19(16-10)7-5-15-14(20)9-21-11-2-3-12-13(8-11)18-22-17-12/h2-4,6,8H,5,7,9H2,1H3,(H,15,20). The molecule has 0 saturated carbocycles. The zero-order chi connectivity index (χ0) is 15.4. The predicted octanol–water partition coefficient (Wildman–Crippen LogP) is 1.39. The zero-order valence-corrected chi connectivity index (χ0v) is 12.8. The van der Waals surface area contributed by atoms with Gasteiger partial charge in [0, 0.05) is 18.8 Å². The molecule has 0 saturated heterocycles. The Kier molecular flexibility index (Phi) is 4.29. The van der Waals surface area contributed by atoms with E-state index in [-0.39, 0.29) is 12.5 Å². The number of aromatic nitrogens is 4. The molecule has 0 spiro atoms. The van der Waals surface area contributed by atoms with E-state index in [1.807, 2.05) is 25.3 Å². The summed E-state index contributed by atoms with van der Waals surface area (Å²) in [6, 6.07) is 7.31. The van der Waals surface area contributed by atoms with E-state index in [0.717, 1.165) is 28.5 Å². The number of ether oxygens (including phenoxy) is 1. The molecule has 0 aliphatic heterocycles. The van der Waals surface area contributed by atoms with Gasteiger partial charge in [-0.2, -0.15) is 13.8 Å². The molecule has 7 nitrogen and oxygen atoms in total. The molecule has 8 heteroatoms. The lowest BCUT2D eigenvalue weighted by Gasteiger charge is -2.07. The van der Waals surface area contributed by atoms with Gasteiger partial charge in [0.05, 0.1) is 24.0 Å². The van der Waals surface area contributed by atoms with Gasteiger partial charge in [-0.15, -0.1) is 0 Å². The highest BCUT2D eigenvalue weighted by Crippen LogP contribution is 2.18. The Morgan fingerprint density at radius 2 is 2.18 bits per heavy atom. The van der Waals surface area contributed by atoms with Crippen LogP contribution < -0.4 is 10.1 Å². The Morgan fingerprint density at radius 1 is 1.32 bits per heavy atom. The number of nitrogens with zero attached hydrogens (tertiary/aromatic N) is 4. The first-order chi connectivity index (χ1) is 10.7. The van der Waals surface area contributed by atoms with E-state index in [0.29, 0.717) is 18.8 Å². The normalized spacial score (nSPS) is 10.8. The maximum Gasteiger partial charge on any atom is 0.258 e. The molecule has 0 unspecified atom stereocenters. The third-order valence-electron chi connectivity index (χ3n) is 3.03. The Labute approximate surface area is 131 Å². The number of aryl methyl sites for hydroxylation is 1. The predicted molar refractivity (Wildman–Crippen MR) is 82.9 cm³/mol. The number of hydrogen-bond donors (Lipinski definition) is 1. The molecule has 0 fully saturated rings. The quantitative estimate of drug-likeness (QED) is 0.743. The van der Waals surface area contributed by atoms with Crippen LogP contribution in [0.25, 0.3) is 11.0 Å². The summed E-state index contributed by atoms with van der Waals surface area (Å²) in [5, 5.41) is 7.04. The maximum absolute atomic E-state index is 11.7. The molecule has 1 aromatic carbocycles. The summed E-state index contributed by atoms with van der Waals surface area (Å²) in [6.07, 6.45) is 1.88. The van der Waals surface area contributed by atoms with E-state index in [9.17, 15) is 4.79 Å². The summed E-state index contributed by atoms with van der Waals surface area (Å²) in [6.45, 7) is 3.05. The van der Waals surface area contributed by atoms with E-state index in [1.165, 1.54) is 0 Å². The molecule has 114 valence electrons. The molecule has 2 aromatic heterocycles. The molecule has 2 heterocycles. The van der Waals surface area contributed by atoms with Crippen molar-refractivity contribution in [2.75, 3.05) is 13.2 Å². The van der Waals surface area contributed by atoms with Crippen LogP contribution in [-0.2, 0) is 11.3 Å². The number of carbonyl (C=O) groups is 1. The fourth-order valence-corrected chi connectivity index (χ4v) is 2.47. The molecule has 3 aromatic rings. The molecule has 3 rings (SSSR count). The SMILES string of the molecule is Cc1ccn(CCNC(=O)COc2ccc3nsnc3c2)n1. The van der Waals surface area contributed by atoms with Crippen molar-refractivity contribution >= 4 is 28.7 Å². The molecule has 0 radical (unpaired) electrons. The Balaban J connectivity index is 1.43. The van der Waals surface area contributed by atoms with Gasteiger partial charge in [0.2, 0.25) is 0 Å². The zero-order valence-electron chi connectivity index (χ0n) is 12.0. The fraction of sp³-hybridized carbons (Fsp3) is 0.286. The average molecular weight is 317 g/mol. The van der Waals surface area contributed by atoms with Crippen LogP contribution >= 0.6 is 11.7 Å². The maximum atomic E-state index is 11.7. The van der Waals surface area contributed by atoms with Crippen molar-refractivity contribution in [3.63, 3.8) is 0 Å². The average Bonchev–Trinajstić information content (AvgIpc) is 3.13. The van der Waals surface area contributed by atoms with E-state index in [1.54, 1.807) is 16.8 Å². The van der Waals surface area contributed by atoms with Gasteiger partial charge in [0.15, 0.2) is 6.61 Å². The van der Waals surface area contributed by atoms with Crippen molar-refractivity contribution in [1.29, 1.82) is 0 Å². The van der Waals surface area contributed by atoms with E-state index >= 15 is 0 Å². The Bertz CT molecular complexity index is 782. The van der Waals surface area contributed by atoms with Gasteiger partial charge in [-0.1, -0.05) is 0 Å². The van der Waals surface area contributed by atoms with Crippen LogP contribution in [0.3, 0.4) is 0 Å². The lowest BCUT2D eigenvalue weighted by Crippen LogP contribution is -2.31. The third-order valence-corrected chi connectivity index (χ3v) is 3.59. The number of fused-ring (bicyclic) bond motifs is 1. The van der Waals surface area contributed by atoms with Crippen LogP contribution in [-0.4, -0.2) is 37.6 Å².